The third kappa shape index (κ3) is 2.53. The van der Waals surface area contributed by atoms with E-state index in [2.05, 4.69) is 5.32 Å². The van der Waals surface area contributed by atoms with E-state index in [-0.39, 0.29) is 5.41 Å². The van der Waals surface area contributed by atoms with Crippen LogP contribution in [-0.4, -0.2) is 12.7 Å². The van der Waals surface area contributed by atoms with Crippen LogP contribution in [0.5, 0.6) is 0 Å². The minimum absolute atomic E-state index is 0.136. The number of benzene rings is 1. The average Bonchev–Trinajstić information content (AvgIpc) is 2.25. The minimum Gasteiger partial charge on any atom is -0.302 e. The predicted molar refractivity (Wildman–Crippen MR) is 65.6 cm³/mol. The Labute approximate surface area is 105 Å². The molecule has 0 aliphatic carbocycles. The van der Waals surface area contributed by atoms with Gasteiger partial charge in [0.1, 0.15) is 6.04 Å². The minimum atomic E-state index is -4.23. The summed E-state index contributed by atoms with van der Waals surface area (Å²) in [7, 11) is 0. The Balaban J connectivity index is 2.48. The highest BCUT2D eigenvalue weighted by Gasteiger charge is 2.43. The van der Waals surface area contributed by atoms with E-state index < -0.39 is 12.2 Å². The van der Waals surface area contributed by atoms with Crippen LogP contribution in [0.25, 0.3) is 0 Å². The highest BCUT2D eigenvalue weighted by atomic mass is 19.4. The van der Waals surface area contributed by atoms with Crippen LogP contribution in [0.4, 0.5) is 13.2 Å². The predicted octanol–water partition coefficient (Wildman–Crippen LogP) is 3.73. The average molecular weight is 257 g/mol. The van der Waals surface area contributed by atoms with Gasteiger partial charge in [0.15, 0.2) is 0 Å². The van der Waals surface area contributed by atoms with Crippen LogP contribution in [0.2, 0.25) is 0 Å². The Kier molecular flexibility index (Phi) is 3.18. The molecule has 0 radical (unpaired) electrons. The summed E-state index contributed by atoms with van der Waals surface area (Å²) in [5, 5.41) is 2.57. The molecule has 100 valence electrons. The lowest BCUT2D eigenvalue weighted by molar-refractivity contribution is -0.158. The summed E-state index contributed by atoms with van der Waals surface area (Å²) in [6.45, 7) is 6.40. The molecule has 1 aliphatic rings. The molecule has 1 aromatic carbocycles. The molecular formula is C14H18F3N. The first-order valence-corrected chi connectivity index (χ1v) is 6.13. The molecule has 1 aliphatic heterocycles. The summed E-state index contributed by atoms with van der Waals surface area (Å²) < 4.78 is 39.0. The summed E-state index contributed by atoms with van der Waals surface area (Å²) in [6, 6.07) is 3.97. The molecular weight excluding hydrogens is 239 g/mol. The van der Waals surface area contributed by atoms with E-state index in [1.165, 1.54) is 0 Å². The fourth-order valence-electron chi connectivity index (χ4n) is 2.31. The van der Waals surface area contributed by atoms with Crippen molar-refractivity contribution < 1.29 is 13.2 Å². The molecule has 1 unspecified atom stereocenters. The van der Waals surface area contributed by atoms with Crippen molar-refractivity contribution in [3.05, 3.63) is 34.9 Å². The number of alkyl halides is 3. The summed E-state index contributed by atoms with van der Waals surface area (Å²) in [4.78, 5) is 0. The summed E-state index contributed by atoms with van der Waals surface area (Å²) in [5.41, 5.74) is 2.01. The smallest absolute Gasteiger partial charge is 0.302 e. The van der Waals surface area contributed by atoms with Crippen molar-refractivity contribution in [2.45, 2.75) is 44.8 Å². The number of hydrogen-bond acceptors (Lipinski definition) is 1. The van der Waals surface area contributed by atoms with Gasteiger partial charge in [-0.3, -0.25) is 0 Å². The molecule has 1 atom stereocenters. The largest absolute Gasteiger partial charge is 0.407 e. The second-order valence-electron chi connectivity index (χ2n) is 5.84. The zero-order valence-corrected chi connectivity index (χ0v) is 10.9. The van der Waals surface area contributed by atoms with Gasteiger partial charge >= 0.3 is 6.18 Å². The fourth-order valence-corrected chi connectivity index (χ4v) is 2.31. The molecule has 0 spiro atoms. The summed E-state index contributed by atoms with van der Waals surface area (Å²) >= 11 is 0. The lowest BCUT2D eigenvalue weighted by atomic mass is 9.82. The van der Waals surface area contributed by atoms with Gasteiger partial charge in [-0.1, -0.05) is 39.0 Å². The maximum absolute atomic E-state index is 13.0. The highest BCUT2D eigenvalue weighted by Crippen LogP contribution is 2.38. The molecule has 18 heavy (non-hydrogen) atoms. The Morgan fingerprint density at radius 3 is 2.39 bits per heavy atom. The van der Waals surface area contributed by atoms with Crippen molar-refractivity contribution in [1.29, 1.82) is 0 Å². The Bertz CT molecular complexity index is 443. The molecule has 0 saturated carbocycles. The van der Waals surface area contributed by atoms with E-state index in [0.717, 1.165) is 11.1 Å². The maximum atomic E-state index is 13.0. The molecule has 1 heterocycles. The molecule has 2 rings (SSSR count). The van der Waals surface area contributed by atoms with Gasteiger partial charge in [-0.15, -0.1) is 0 Å². The Morgan fingerprint density at radius 1 is 1.17 bits per heavy atom. The molecule has 4 heteroatoms. The quantitative estimate of drug-likeness (QED) is 0.746. The van der Waals surface area contributed by atoms with Crippen LogP contribution in [0, 0.1) is 0 Å². The molecule has 0 amide bonds. The van der Waals surface area contributed by atoms with Crippen LogP contribution in [0.1, 0.15) is 43.5 Å². The summed E-state index contributed by atoms with van der Waals surface area (Å²) in [6.07, 6.45) is -3.57. The lowest BCUT2D eigenvalue weighted by Gasteiger charge is -2.30. The molecule has 0 fully saturated rings. The van der Waals surface area contributed by atoms with E-state index in [0.29, 0.717) is 18.5 Å². The zero-order valence-electron chi connectivity index (χ0n) is 10.9. The van der Waals surface area contributed by atoms with Crippen molar-refractivity contribution in [2.24, 2.45) is 0 Å². The zero-order chi connectivity index (χ0) is 13.6. The molecule has 0 saturated heterocycles. The number of nitrogens with one attached hydrogen (secondary N) is 1. The van der Waals surface area contributed by atoms with E-state index in [9.17, 15) is 13.2 Å². The first-order chi connectivity index (χ1) is 8.19. The van der Waals surface area contributed by atoms with Crippen LogP contribution in [0.15, 0.2) is 18.2 Å². The van der Waals surface area contributed by atoms with Gasteiger partial charge in [-0.05, 0) is 28.5 Å². The van der Waals surface area contributed by atoms with Crippen molar-refractivity contribution in [3.63, 3.8) is 0 Å². The van der Waals surface area contributed by atoms with E-state index in [4.69, 9.17) is 0 Å². The molecule has 1 aromatic rings. The molecule has 0 aromatic heterocycles. The first-order valence-electron chi connectivity index (χ1n) is 6.13. The second-order valence-corrected chi connectivity index (χ2v) is 5.84. The highest BCUT2D eigenvalue weighted by molar-refractivity contribution is 5.39. The van der Waals surface area contributed by atoms with Gasteiger partial charge in [0.2, 0.25) is 0 Å². The van der Waals surface area contributed by atoms with Crippen molar-refractivity contribution in [1.82, 2.24) is 5.32 Å². The van der Waals surface area contributed by atoms with Crippen molar-refractivity contribution in [3.8, 4) is 0 Å². The van der Waals surface area contributed by atoms with E-state index >= 15 is 0 Å². The maximum Gasteiger partial charge on any atom is 0.407 e. The van der Waals surface area contributed by atoms with Crippen LogP contribution in [-0.2, 0) is 11.8 Å². The SMILES string of the molecule is CC(C)(C)c1ccc2c(c1)C(C(F)(F)F)NCC2. The topological polar surface area (TPSA) is 12.0 Å². The Morgan fingerprint density at radius 2 is 1.83 bits per heavy atom. The van der Waals surface area contributed by atoms with Crippen LogP contribution >= 0.6 is 0 Å². The Hall–Kier alpha value is -1.03. The number of hydrogen-bond donors (Lipinski definition) is 1. The van der Waals surface area contributed by atoms with Gasteiger partial charge in [0, 0.05) is 6.54 Å². The van der Waals surface area contributed by atoms with Gasteiger partial charge in [-0.25, -0.2) is 0 Å². The number of rotatable bonds is 0. The standard InChI is InChI=1S/C14H18F3N/c1-13(2,3)10-5-4-9-6-7-18-12(11(9)8-10)14(15,16)17/h4-5,8,12,18H,6-7H2,1-3H3. The van der Waals surface area contributed by atoms with Gasteiger partial charge < -0.3 is 5.32 Å². The van der Waals surface area contributed by atoms with Crippen LogP contribution < -0.4 is 5.32 Å². The normalized spacial score (nSPS) is 20.7. The third-order valence-electron chi connectivity index (χ3n) is 3.39. The molecule has 1 N–H and O–H groups in total. The summed E-state index contributed by atoms with van der Waals surface area (Å²) in [5.74, 6) is 0. The van der Waals surface area contributed by atoms with Gasteiger partial charge in [0.05, 0.1) is 0 Å². The lowest BCUT2D eigenvalue weighted by Crippen LogP contribution is -2.39. The van der Waals surface area contributed by atoms with Crippen LogP contribution in [0.3, 0.4) is 0 Å². The second kappa shape index (κ2) is 4.26. The number of halogens is 3. The molecule has 1 nitrogen and oxygen atoms in total. The van der Waals surface area contributed by atoms with E-state index in [1.807, 2.05) is 32.9 Å². The fraction of sp³-hybridized carbons (Fsp3) is 0.571. The van der Waals surface area contributed by atoms with Crippen molar-refractivity contribution in [2.75, 3.05) is 6.54 Å². The number of fused-ring (bicyclic) bond motifs is 1. The van der Waals surface area contributed by atoms with Gasteiger partial charge in [0.25, 0.3) is 0 Å². The molecule has 0 bridgehead atoms. The first kappa shape index (κ1) is 13.4. The van der Waals surface area contributed by atoms with Gasteiger partial charge in [-0.2, -0.15) is 13.2 Å². The van der Waals surface area contributed by atoms with Crippen molar-refractivity contribution >= 4 is 0 Å². The monoisotopic (exact) mass is 257 g/mol. The van der Waals surface area contributed by atoms with E-state index in [1.54, 1.807) is 6.07 Å². The third-order valence-corrected chi connectivity index (χ3v) is 3.39.